The number of carbonyl (C=O) groups excluding carboxylic acids is 2. The minimum Gasteiger partial charge on any atom is -0.496 e. The SMILES string of the molecule is COc1cc2c(cc1CNC(=O)C1CC(=O)N(Cc3cccnc3)C1)OCCO2. The van der Waals surface area contributed by atoms with Crippen LogP contribution in [-0.4, -0.2) is 48.6 Å². The fourth-order valence-electron chi connectivity index (χ4n) is 3.58. The first-order valence-electron chi connectivity index (χ1n) is 9.55. The number of fused-ring (bicyclic) bond motifs is 1. The number of rotatable bonds is 6. The minimum atomic E-state index is -0.373. The van der Waals surface area contributed by atoms with Crippen molar-refractivity contribution in [1.29, 1.82) is 0 Å². The number of nitrogens with zero attached hydrogens (tertiary/aromatic N) is 2. The molecule has 1 aromatic heterocycles. The van der Waals surface area contributed by atoms with Gasteiger partial charge in [-0.2, -0.15) is 0 Å². The molecule has 4 rings (SSSR count). The number of hydrogen-bond acceptors (Lipinski definition) is 6. The highest BCUT2D eigenvalue weighted by molar-refractivity contribution is 5.89. The van der Waals surface area contributed by atoms with Gasteiger partial charge in [-0.1, -0.05) is 6.07 Å². The van der Waals surface area contributed by atoms with Crippen molar-refractivity contribution in [2.75, 3.05) is 26.9 Å². The lowest BCUT2D eigenvalue weighted by atomic mass is 10.1. The van der Waals surface area contributed by atoms with Gasteiger partial charge in [0.1, 0.15) is 19.0 Å². The highest BCUT2D eigenvalue weighted by atomic mass is 16.6. The van der Waals surface area contributed by atoms with E-state index in [0.29, 0.717) is 43.6 Å². The molecule has 152 valence electrons. The topological polar surface area (TPSA) is 90.0 Å². The summed E-state index contributed by atoms with van der Waals surface area (Å²) in [7, 11) is 1.57. The molecule has 2 amide bonds. The summed E-state index contributed by atoms with van der Waals surface area (Å²) in [5.74, 6) is 1.35. The number of hydrogen-bond donors (Lipinski definition) is 1. The number of pyridine rings is 1. The van der Waals surface area contributed by atoms with Gasteiger partial charge < -0.3 is 24.4 Å². The van der Waals surface area contributed by atoms with E-state index >= 15 is 0 Å². The summed E-state index contributed by atoms with van der Waals surface area (Å²) in [5, 5.41) is 2.92. The van der Waals surface area contributed by atoms with E-state index in [4.69, 9.17) is 14.2 Å². The highest BCUT2D eigenvalue weighted by Crippen LogP contribution is 2.36. The predicted molar refractivity (Wildman–Crippen MR) is 104 cm³/mol. The van der Waals surface area contributed by atoms with Gasteiger partial charge in [0.2, 0.25) is 11.8 Å². The molecule has 29 heavy (non-hydrogen) atoms. The van der Waals surface area contributed by atoms with Gasteiger partial charge in [0.25, 0.3) is 0 Å². The zero-order valence-corrected chi connectivity index (χ0v) is 16.2. The summed E-state index contributed by atoms with van der Waals surface area (Å²) in [5.41, 5.74) is 1.74. The first kappa shape index (κ1) is 19.0. The van der Waals surface area contributed by atoms with Gasteiger partial charge in [0.15, 0.2) is 11.5 Å². The van der Waals surface area contributed by atoms with Crippen molar-refractivity contribution in [3.05, 3.63) is 47.8 Å². The van der Waals surface area contributed by atoms with Crippen molar-refractivity contribution >= 4 is 11.8 Å². The maximum atomic E-state index is 12.7. The number of ether oxygens (including phenoxy) is 3. The van der Waals surface area contributed by atoms with Crippen LogP contribution in [0.5, 0.6) is 17.2 Å². The Morgan fingerprint density at radius 2 is 2.10 bits per heavy atom. The molecule has 8 heteroatoms. The lowest BCUT2D eigenvalue weighted by Crippen LogP contribution is -2.32. The molecule has 0 saturated carbocycles. The lowest BCUT2D eigenvalue weighted by Gasteiger charge is -2.21. The molecule has 2 aliphatic rings. The van der Waals surface area contributed by atoms with Crippen LogP contribution in [0.3, 0.4) is 0 Å². The Morgan fingerprint density at radius 3 is 2.83 bits per heavy atom. The third-order valence-corrected chi connectivity index (χ3v) is 5.08. The Hall–Kier alpha value is -3.29. The van der Waals surface area contributed by atoms with Crippen molar-refractivity contribution in [2.45, 2.75) is 19.5 Å². The van der Waals surface area contributed by atoms with Crippen LogP contribution in [0.15, 0.2) is 36.7 Å². The smallest absolute Gasteiger partial charge is 0.225 e. The van der Waals surface area contributed by atoms with E-state index in [2.05, 4.69) is 10.3 Å². The molecule has 0 spiro atoms. The van der Waals surface area contributed by atoms with Gasteiger partial charge in [0.05, 0.1) is 13.0 Å². The number of aromatic nitrogens is 1. The normalized spacial score (nSPS) is 17.9. The molecule has 1 saturated heterocycles. The van der Waals surface area contributed by atoms with E-state index in [1.807, 2.05) is 18.2 Å². The second-order valence-electron chi connectivity index (χ2n) is 7.06. The van der Waals surface area contributed by atoms with Gasteiger partial charge in [-0.3, -0.25) is 14.6 Å². The Kier molecular flexibility index (Phi) is 5.50. The maximum absolute atomic E-state index is 12.7. The van der Waals surface area contributed by atoms with Crippen LogP contribution in [0.4, 0.5) is 0 Å². The van der Waals surface area contributed by atoms with Gasteiger partial charge in [0, 0.05) is 50.1 Å². The molecule has 2 aliphatic heterocycles. The first-order valence-corrected chi connectivity index (χ1v) is 9.55. The third kappa shape index (κ3) is 4.26. The highest BCUT2D eigenvalue weighted by Gasteiger charge is 2.34. The predicted octanol–water partition coefficient (Wildman–Crippen LogP) is 1.53. The molecule has 1 fully saturated rings. The van der Waals surface area contributed by atoms with E-state index < -0.39 is 0 Å². The maximum Gasteiger partial charge on any atom is 0.225 e. The zero-order valence-electron chi connectivity index (χ0n) is 16.2. The molecule has 1 aromatic carbocycles. The van der Waals surface area contributed by atoms with Gasteiger partial charge in [-0.25, -0.2) is 0 Å². The van der Waals surface area contributed by atoms with Crippen LogP contribution in [0.2, 0.25) is 0 Å². The molecule has 2 aromatic rings. The number of likely N-dealkylation sites (tertiary alicyclic amines) is 1. The minimum absolute atomic E-state index is 0.0223. The van der Waals surface area contributed by atoms with Crippen molar-refractivity contribution in [2.24, 2.45) is 5.92 Å². The molecule has 0 radical (unpaired) electrons. The van der Waals surface area contributed by atoms with Gasteiger partial charge in [-0.05, 0) is 17.7 Å². The van der Waals surface area contributed by atoms with E-state index in [0.717, 1.165) is 11.1 Å². The largest absolute Gasteiger partial charge is 0.496 e. The third-order valence-electron chi connectivity index (χ3n) is 5.08. The van der Waals surface area contributed by atoms with Crippen molar-refractivity contribution < 1.29 is 23.8 Å². The summed E-state index contributed by atoms with van der Waals surface area (Å²) < 4.78 is 16.6. The molecule has 0 aliphatic carbocycles. The second kappa shape index (κ2) is 8.38. The summed E-state index contributed by atoms with van der Waals surface area (Å²) in [6.45, 7) is 2.13. The Balaban J connectivity index is 1.37. The van der Waals surface area contributed by atoms with Crippen LogP contribution in [0.25, 0.3) is 0 Å². The number of methoxy groups -OCH3 is 1. The van der Waals surface area contributed by atoms with E-state index in [1.165, 1.54) is 0 Å². The Bertz CT molecular complexity index is 903. The fourth-order valence-corrected chi connectivity index (χ4v) is 3.58. The van der Waals surface area contributed by atoms with Crippen LogP contribution in [0, 0.1) is 5.92 Å². The van der Waals surface area contributed by atoms with Gasteiger partial charge in [-0.15, -0.1) is 0 Å². The van der Waals surface area contributed by atoms with Gasteiger partial charge >= 0.3 is 0 Å². The molecular weight excluding hydrogens is 374 g/mol. The molecule has 0 bridgehead atoms. The number of nitrogens with one attached hydrogen (secondary N) is 1. The lowest BCUT2D eigenvalue weighted by molar-refractivity contribution is -0.129. The molecule has 8 nitrogen and oxygen atoms in total. The van der Waals surface area contributed by atoms with Crippen LogP contribution in [0.1, 0.15) is 17.5 Å². The average molecular weight is 397 g/mol. The summed E-state index contributed by atoms with van der Waals surface area (Å²) >= 11 is 0. The van der Waals surface area contributed by atoms with E-state index in [1.54, 1.807) is 30.5 Å². The second-order valence-corrected chi connectivity index (χ2v) is 7.06. The molecule has 1 N–H and O–H groups in total. The van der Waals surface area contributed by atoms with Crippen molar-refractivity contribution in [3.63, 3.8) is 0 Å². The monoisotopic (exact) mass is 397 g/mol. The molecule has 3 heterocycles. The van der Waals surface area contributed by atoms with Crippen molar-refractivity contribution in [3.8, 4) is 17.2 Å². The standard InChI is InChI=1S/C21H23N3O5/c1-27-17-9-19-18(28-5-6-29-19)7-15(17)11-23-21(26)16-8-20(25)24(13-16)12-14-3-2-4-22-10-14/h2-4,7,9-10,16H,5-6,8,11-13H2,1H3,(H,23,26). The fraction of sp³-hybridized carbons (Fsp3) is 0.381. The Labute approximate surface area is 168 Å². The van der Waals surface area contributed by atoms with Crippen LogP contribution >= 0.6 is 0 Å². The van der Waals surface area contributed by atoms with Crippen LogP contribution < -0.4 is 19.5 Å². The summed E-state index contributed by atoms with van der Waals surface area (Å²) in [6, 6.07) is 7.34. The van der Waals surface area contributed by atoms with Crippen molar-refractivity contribution in [1.82, 2.24) is 15.2 Å². The Morgan fingerprint density at radius 1 is 1.31 bits per heavy atom. The van der Waals surface area contributed by atoms with E-state index in [-0.39, 0.29) is 30.7 Å². The average Bonchev–Trinajstić information content (AvgIpc) is 3.12. The molecule has 1 atom stereocenters. The summed E-state index contributed by atoms with van der Waals surface area (Å²) in [6.07, 6.45) is 3.64. The molecular formula is C21H23N3O5. The quantitative estimate of drug-likeness (QED) is 0.795. The molecule has 1 unspecified atom stereocenters. The van der Waals surface area contributed by atoms with E-state index in [9.17, 15) is 9.59 Å². The summed E-state index contributed by atoms with van der Waals surface area (Å²) in [4.78, 5) is 30.7. The zero-order chi connectivity index (χ0) is 20.2. The number of amides is 2. The first-order chi connectivity index (χ1) is 14.1. The van der Waals surface area contributed by atoms with Crippen LogP contribution in [-0.2, 0) is 22.7 Å². The number of carbonyl (C=O) groups is 2. The number of benzene rings is 1.